The number of rotatable bonds is 13. The van der Waals surface area contributed by atoms with Crippen LogP contribution in [0.15, 0.2) is 54.6 Å². The number of para-hydroxylation sites is 1. The van der Waals surface area contributed by atoms with Crippen LogP contribution in [0.3, 0.4) is 0 Å². The molecule has 2 amide bonds. The molecule has 1 N–H and O–H groups in total. The fourth-order valence-electron chi connectivity index (χ4n) is 3.34. The van der Waals surface area contributed by atoms with E-state index in [1.807, 2.05) is 75.4 Å². The maximum absolute atomic E-state index is 13.2. The molecule has 2 rings (SSSR count). The smallest absolute Gasteiger partial charge is 0.242 e. The Hall–Kier alpha value is -3.02. The number of nitrogens with one attached hydrogen (secondary N) is 1. The number of hydrogen-bond donors (Lipinski definition) is 1. The van der Waals surface area contributed by atoms with E-state index in [9.17, 15) is 9.59 Å². The number of nitrogens with zero attached hydrogens (tertiary/aromatic N) is 1. The van der Waals surface area contributed by atoms with Crippen LogP contribution < -0.4 is 14.8 Å². The zero-order chi connectivity index (χ0) is 23.3. The minimum Gasteiger partial charge on any atom is -0.497 e. The Labute approximate surface area is 191 Å². The SMILES string of the molecule is CCC(C(=O)NCC(C)C)N(Cc1ccc(OC)cc1)C(=O)CCCOc1ccccc1. The lowest BCUT2D eigenvalue weighted by molar-refractivity contribution is -0.141. The van der Waals surface area contributed by atoms with E-state index in [-0.39, 0.29) is 11.8 Å². The minimum atomic E-state index is -0.515. The summed E-state index contributed by atoms with van der Waals surface area (Å²) >= 11 is 0. The molecule has 0 radical (unpaired) electrons. The monoisotopic (exact) mass is 440 g/mol. The van der Waals surface area contributed by atoms with E-state index >= 15 is 0 Å². The van der Waals surface area contributed by atoms with Gasteiger partial charge in [0.1, 0.15) is 17.5 Å². The Morgan fingerprint density at radius 1 is 1.00 bits per heavy atom. The molecule has 2 aromatic rings. The van der Waals surface area contributed by atoms with Crippen LogP contribution in [-0.2, 0) is 16.1 Å². The number of carbonyl (C=O) groups is 2. The van der Waals surface area contributed by atoms with Crippen LogP contribution >= 0.6 is 0 Å². The van der Waals surface area contributed by atoms with Gasteiger partial charge in [-0.15, -0.1) is 0 Å². The molecule has 0 saturated carbocycles. The van der Waals surface area contributed by atoms with E-state index in [1.54, 1.807) is 12.0 Å². The predicted molar refractivity (Wildman–Crippen MR) is 127 cm³/mol. The molecular weight excluding hydrogens is 404 g/mol. The Morgan fingerprint density at radius 3 is 2.28 bits per heavy atom. The van der Waals surface area contributed by atoms with Crippen molar-refractivity contribution in [3.8, 4) is 11.5 Å². The normalized spacial score (nSPS) is 11.7. The van der Waals surface area contributed by atoms with Gasteiger partial charge in [0.15, 0.2) is 0 Å². The van der Waals surface area contributed by atoms with Crippen molar-refractivity contribution in [1.29, 1.82) is 0 Å². The molecule has 0 saturated heterocycles. The Morgan fingerprint density at radius 2 is 1.69 bits per heavy atom. The molecule has 6 nitrogen and oxygen atoms in total. The molecule has 32 heavy (non-hydrogen) atoms. The third-order valence-electron chi connectivity index (χ3n) is 5.13. The van der Waals surface area contributed by atoms with Crippen LogP contribution in [0.4, 0.5) is 0 Å². The number of hydrogen-bond acceptors (Lipinski definition) is 4. The summed E-state index contributed by atoms with van der Waals surface area (Å²) in [6.45, 7) is 7.44. The average molecular weight is 441 g/mol. The molecule has 0 aromatic heterocycles. The first-order valence-corrected chi connectivity index (χ1v) is 11.3. The minimum absolute atomic E-state index is 0.0518. The first kappa shape index (κ1) is 25.2. The van der Waals surface area contributed by atoms with Crippen molar-refractivity contribution in [2.45, 2.75) is 52.6 Å². The summed E-state index contributed by atoms with van der Waals surface area (Å²) in [6.07, 6.45) is 1.44. The summed E-state index contributed by atoms with van der Waals surface area (Å²) < 4.78 is 10.9. The highest BCUT2D eigenvalue weighted by Crippen LogP contribution is 2.18. The zero-order valence-electron chi connectivity index (χ0n) is 19.7. The van der Waals surface area contributed by atoms with E-state index in [1.165, 1.54) is 0 Å². The molecule has 6 heteroatoms. The number of amides is 2. The lowest BCUT2D eigenvalue weighted by atomic mass is 10.1. The molecule has 0 heterocycles. The van der Waals surface area contributed by atoms with Gasteiger partial charge in [0.2, 0.25) is 11.8 Å². The number of benzene rings is 2. The second-order valence-electron chi connectivity index (χ2n) is 8.20. The summed E-state index contributed by atoms with van der Waals surface area (Å²) in [6, 6.07) is 16.6. The van der Waals surface area contributed by atoms with Crippen LogP contribution in [0.2, 0.25) is 0 Å². The van der Waals surface area contributed by atoms with Crippen LogP contribution in [0, 0.1) is 5.92 Å². The highest BCUT2D eigenvalue weighted by atomic mass is 16.5. The predicted octanol–water partition coefficient (Wildman–Crippen LogP) is 4.43. The molecule has 0 fully saturated rings. The largest absolute Gasteiger partial charge is 0.497 e. The van der Waals surface area contributed by atoms with Gasteiger partial charge < -0.3 is 19.7 Å². The summed E-state index contributed by atoms with van der Waals surface area (Å²) in [5, 5.41) is 2.98. The van der Waals surface area contributed by atoms with Gasteiger partial charge in [-0.2, -0.15) is 0 Å². The number of methoxy groups -OCH3 is 1. The topological polar surface area (TPSA) is 67.9 Å². The lowest BCUT2D eigenvalue weighted by Gasteiger charge is -2.31. The van der Waals surface area contributed by atoms with Crippen molar-refractivity contribution in [2.75, 3.05) is 20.3 Å². The van der Waals surface area contributed by atoms with Crippen LogP contribution in [0.5, 0.6) is 11.5 Å². The van der Waals surface area contributed by atoms with Gasteiger partial charge in [-0.1, -0.05) is 51.1 Å². The standard InChI is InChI=1S/C26H36N2O4/c1-5-24(26(30)27-18-20(2)3)28(19-21-13-15-22(31-4)16-14-21)25(29)12-9-17-32-23-10-7-6-8-11-23/h6-8,10-11,13-16,20,24H,5,9,12,17-19H2,1-4H3,(H,27,30). The van der Waals surface area contributed by atoms with Crippen molar-refractivity contribution in [3.63, 3.8) is 0 Å². The van der Waals surface area contributed by atoms with Gasteiger partial charge in [0.05, 0.1) is 13.7 Å². The highest BCUT2D eigenvalue weighted by molar-refractivity contribution is 5.87. The summed E-state index contributed by atoms with van der Waals surface area (Å²) in [4.78, 5) is 27.8. The Bertz CT molecular complexity index is 821. The molecule has 0 aliphatic heterocycles. The van der Waals surface area contributed by atoms with E-state index in [0.717, 1.165) is 17.1 Å². The fraction of sp³-hybridized carbons (Fsp3) is 0.462. The molecule has 0 aliphatic rings. The van der Waals surface area contributed by atoms with Crippen LogP contribution in [0.1, 0.15) is 45.6 Å². The maximum Gasteiger partial charge on any atom is 0.242 e. The molecule has 0 bridgehead atoms. The zero-order valence-corrected chi connectivity index (χ0v) is 19.7. The number of ether oxygens (including phenoxy) is 2. The van der Waals surface area contributed by atoms with Crippen LogP contribution in [0.25, 0.3) is 0 Å². The van der Waals surface area contributed by atoms with Crippen molar-refractivity contribution in [1.82, 2.24) is 10.2 Å². The molecule has 174 valence electrons. The second kappa shape index (κ2) is 13.4. The first-order valence-electron chi connectivity index (χ1n) is 11.3. The van der Waals surface area contributed by atoms with Gasteiger partial charge in [-0.3, -0.25) is 9.59 Å². The van der Waals surface area contributed by atoms with Gasteiger partial charge in [-0.25, -0.2) is 0 Å². The van der Waals surface area contributed by atoms with Gasteiger partial charge in [-0.05, 0) is 48.6 Å². The highest BCUT2D eigenvalue weighted by Gasteiger charge is 2.28. The van der Waals surface area contributed by atoms with E-state index in [0.29, 0.717) is 44.9 Å². The van der Waals surface area contributed by atoms with Gasteiger partial charge in [0.25, 0.3) is 0 Å². The summed E-state index contributed by atoms with van der Waals surface area (Å²) in [5.41, 5.74) is 0.954. The van der Waals surface area contributed by atoms with Gasteiger partial charge in [0, 0.05) is 19.5 Å². The average Bonchev–Trinajstić information content (AvgIpc) is 2.81. The van der Waals surface area contributed by atoms with E-state index < -0.39 is 6.04 Å². The van der Waals surface area contributed by atoms with E-state index in [2.05, 4.69) is 5.32 Å². The number of carbonyl (C=O) groups excluding carboxylic acids is 2. The first-order chi connectivity index (χ1) is 15.4. The third kappa shape index (κ3) is 8.25. The van der Waals surface area contributed by atoms with Gasteiger partial charge >= 0.3 is 0 Å². The van der Waals surface area contributed by atoms with Crippen molar-refractivity contribution >= 4 is 11.8 Å². The molecule has 2 aromatic carbocycles. The molecular formula is C26H36N2O4. The fourth-order valence-corrected chi connectivity index (χ4v) is 3.34. The summed E-state index contributed by atoms with van der Waals surface area (Å²) in [7, 11) is 1.62. The lowest BCUT2D eigenvalue weighted by Crippen LogP contribution is -2.49. The molecule has 0 spiro atoms. The quantitative estimate of drug-likeness (QED) is 0.468. The Balaban J connectivity index is 2.06. The van der Waals surface area contributed by atoms with E-state index in [4.69, 9.17) is 9.47 Å². The van der Waals surface area contributed by atoms with Crippen molar-refractivity contribution in [3.05, 3.63) is 60.2 Å². The third-order valence-corrected chi connectivity index (χ3v) is 5.13. The second-order valence-corrected chi connectivity index (χ2v) is 8.20. The maximum atomic E-state index is 13.2. The van der Waals surface area contributed by atoms with Crippen molar-refractivity contribution in [2.24, 2.45) is 5.92 Å². The van der Waals surface area contributed by atoms with Crippen LogP contribution in [-0.4, -0.2) is 43.0 Å². The molecule has 1 atom stereocenters. The molecule has 1 unspecified atom stereocenters. The summed E-state index contributed by atoms with van der Waals surface area (Å²) in [5.74, 6) is 1.73. The van der Waals surface area contributed by atoms with Crippen molar-refractivity contribution < 1.29 is 19.1 Å². The molecule has 0 aliphatic carbocycles. The Kier molecular flexibility index (Phi) is 10.6.